The molecule has 0 aliphatic carbocycles. The summed E-state index contributed by atoms with van der Waals surface area (Å²) >= 11 is 0. The van der Waals surface area contributed by atoms with Gasteiger partial charge in [-0.2, -0.15) is 0 Å². The van der Waals surface area contributed by atoms with Crippen LogP contribution in [-0.4, -0.2) is 23.1 Å². The third kappa shape index (κ3) is 20.2. The molecule has 0 atom stereocenters. The van der Waals surface area contributed by atoms with Crippen LogP contribution in [0.25, 0.3) is 0 Å². The summed E-state index contributed by atoms with van der Waals surface area (Å²) in [5, 5.41) is 0. The highest BCUT2D eigenvalue weighted by atomic mass is 28.1. The molecular formula is C19H42OSi. The van der Waals surface area contributed by atoms with Crippen LogP contribution in [0.1, 0.15) is 110 Å². The zero-order chi connectivity index (χ0) is 15.4. The maximum Gasteiger partial charge on any atom is 0.0461 e. The Bertz CT molecular complexity index is 155. The first-order chi connectivity index (χ1) is 10.4. The van der Waals surface area contributed by atoms with E-state index in [1.165, 1.54) is 113 Å². The highest BCUT2D eigenvalue weighted by Gasteiger charge is 1.94. The van der Waals surface area contributed by atoms with E-state index in [1.54, 1.807) is 0 Å². The van der Waals surface area contributed by atoms with Gasteiger partial charge in [-0.15, -0.1) is 0 Å². The van der Waals surface area contributed by atoms with Gasteiger partial charge in [-0.25, -0.2) is 0 Å². The van der Waals surface area contributed by atoms with Crippen molar-refractivity contribution in [1.29, 1.82) is 0 Å². The van der Waals surface area contributed by atoms with Crippen molar-refractivity contribution in [1.82, 2.24) is 0 Å². The van der Waals surface area contributed by atoms with Crippen molar-refractivity contribution in [3.8, 4) is 0 Å². The van der Waals surface area contributed by atoms with Crippen molar-refractivity contribution >= 4 is 10.2 Å². The quantitative estimate of drug-likeness (QED) is 0.237. The topological polar surface area (TPSA) is 9.23 Å². The van der Waals surface area contributed by atoms with E-state index in [-0.39, 0.29) is 0 Å². The molecule has 0 unspecified atom stereocenters. The molecular weight excluding hydrogens is 272 g/mol. The molecule has 0 radical (unpaired) electrons. The number of rotatable bonds is 18. The maximum absolute atomic E-state index is 5.41. The average Bonchev–Trinajstić information content (AvgIpc) is 2.50. The Morgan fingerprint density at radius 2 is 0.857 bits per heavy atom. The monoisotopic (exact) mass is 314 g/mol. The lowest BCUT2D eigenvalue weighted by Gasteiger charge is -2.03. The van der Waals surface area contributed by atoms with Gasteiger partial charge in [-0.3, -0.25) is 0 Å². The fraction of sp³-hybridized carbons (Fsp3) is 1.00. The van der Waals surface area contributed by atoms with Crippen LogP contribution in [0.4, 0.5) is 0 Å². The molecule has 0 aromatic rings. The van der Waals surface area contributed by atoms with Crippen LogP contribution in [0, 0.1) is 0 Å². The molecule has 1 nitrogen and oxygen atoms in total. The van der Waals surface area contributed by atoms with Gasteiger partial charge in [0.1, 0.15) is 0 Å². The Labute approximate surface area is 138 Å². The molecule has 0 fully saturated rings. The van der Waals surface area contributed by atoms with E-state index in [4.69, 9.17) is 4.74 Å². The Hall–Kier alpha value is 0.177. The Balaban J connectivity index is 2.90. The van der Waals surface area contributed by atoms with E-state index in [1.807, 2.05) is 0 Å². The fourth-order valence-electron chi connectivity index (χ4n) is 2.90. The van der Waals surface area contributed by atoms with E-state index in [0.29, 0.717) is 0 Å². The molecule has 0 amide bonds. The van der Waals surface area contributed by atoms with E-state index in [9.17, 15) is 0 Å². The van der Waals surface area contributed by atoms with Gasteiger partial charge in [0.25, 0.3) is 0 Å². The van der Waals surface area contributed by atoms with Crippen LogP contribution in [0.15, 0.2) is 0 Å². The fourth-order valence-corrected chi connectivity index (χ4v) is 3.19. The van der Waals surface area contributed by atoms with Crippen LogP contribution in [-0.2, 0) is 4.74 Å². The summed E-state index contributed by atoms with van der Waals surface area (Å²) in [4.78, 5) is 0. The first-order valence-electron chi connectivity index (χ1n) is 9.99. The minimum absolute atomic E-state index is 1.00. The van der Waals surface area contributed by atoms with Crippen LogP contribution >= 0.6 is 0 Å². The van der Waals surface area contributed by atoms with Gasteiger partial charge in [0.05, 0.1) is 0 Å². The summed E-state index contributed by atoms with van der Waals surface area (Å²) < 4.78 is 5.41. The lowest BCUT2D eigenvalue weighted by molar-refractivity contribution is 0.173. The minimum atomic E-state index is 1.00. The molecule has 0 saturated carbocycles. The lowest BCUT2D eigenvalue weighted by Crippen LogP contribution is -1.95. The van der Waals surface area contributed by atoms with E-state index in [0.717, 1.165) is 12.8 Å². The molecule has 0 bridgehead atoms. The molecule has 0 N–H and O–H groups in total. The highest BCUT2D eigenvalue weighted by Crippen LogP contribution is 2.13. The number of hydrogen-bond donors (Lipinski definition) is 0. The number of ether oxygens (including phenoxy) is 1. The summed E-state index contributed by atoms with van der Waals surface area (Å²) in [6.45, 7) is 3.30. The standard InChI is InChI=1S/C19H42OSi/c1-2-3-4-5-6-7-8-9-10-11-12-13-14-15-16-17-18-20-19-21/h2-19H2,1,21H3. The summed E-state index contributed by atoms with van der Waals surface area (Å²) in [5.74, 6) is 0. The Kier molecular flexibility index (Phi) is 20.3. The van der Waals surface area contributed by atoms with Gasteiger partial charge >= 0.3 is 0 Å². The van der Waals surface area contributed by atoms with Crippen LogP contribution in [0.2, 0.25) is 0 Å². The average molecular weight is 315 g/mol. The van der Waals surface area contributed by atoms with E-state index >= 15 is 0 Å². The summed E-state index contributed by atoms with van der Waals surface area (Å²) in [7, 11) is 1.19. The third-order valence-electron chi connectivity index (χ3n) is 4.35. The first kappa shape index (κ1) is 21.2. The zero-order valence-electron chi connectivity index (χ0n) is 15.1. The van der Waals surface area contributed by atoms with Gasteiger partial charge in [0.15, 0.2) is 0 Å². The molecule has 21 heavy (non-hydrogen) atoms. The van der Waals surface area contributed by atoms with Gasteiger partial charge in [-0.05, 0) is 6.42 Å². The molecule has 0 aliphatic rings. The first-order valence-corrected chi connectivity index (χ1v) is 11.4. The van der Waals surface area contributed by atoms with Crippen molar-refractivity contribution in [2.45, 2.75) is 110 Å². The van der Waals surface area contributed by atoms with Gasteiger partial charge in [-0.1, -0.05) is 103 Å². The van der Waals surface area contributed by atoms with Crippen LogP contribution in [0.3, 0.4) is 0 Å². The SMILES string of the molecule is CCCCCCCCCCCCCCCCCCOC[SiH3]. The lowest BCUT2D eigenvalue weighted by atomic mass is 10.0. The predicted molar refractivity (Wildman–Crippen MR) is 100 cm³/mol. The normalized spacial score (nSPS) is 11.3. The maximum atomic E-state index is 5.41. The summed E-state index contributed by atoms with van der Waals surface area (Å²) in [5.41, 5.74) is 0. The smallest absolute Gasteiger partial charge is 0.0461 e. The van der Waals surface area contributed by atoms with Gasteiger partial charge in [0, 0.05) is 23.1 Å². The summed E-state index contributed by atoms with van der Waals surface area (Å²) in [6, 6.07) is 0. The molecule has 0 heterocycles. The van der Waals surface area contributed by atoms with Gasteiger partial charge < -0.3 is 4.74 Å². The molecule has 0 aliphatic heterocycles. The highest BCUT2D eigenvalue weighted by molar-refractivity contribution is 6.08. The molecule has 0 rings (SSSR count). The molecule has 2 heteroatoms. The predicted octanol–water partition coefficient (Wildman–Crippen LogP) is 5.59. The Morgan fingerprint density at radius 3 is 1.19 bits per heavy atom. The van der Waals surface area contributed by atoms with Crippen molar-refractivity contribution in [2.75, 3.05) is 12.8 Å². The molecule has 0 saturated heterocycles. The number of unbranched alkanes of at least 4 members (excludes halogenated alkanes) is 15. The largest absolute Gasteiger partial charge is 0.386 e. The minimum Gasteiger partial charge on any atom is -0.386 e. The van der Waals surface area contributed by atoms with Crippen molar-refractivity contribution in [2.24, 2.45) is 0 Å². The molecule has 0 aromatic carbocycles. The van der Waals surface area contributed by atoms with Crippen molar-refractivity contribution < 1.29 is 4.74 Å². The van der Waals surface area contributed by atoms with E-state index in [2.05, 4.69) is 6.92 Å². The van der Waals surface area contributed by atoms with Crippen LogP contribution in [0.5, 0.6) is 0 Å². The zero-order valence-corrected chi connectivity index (χ0v) is 17.1. The second-order valence-corrected chi connectivity index (χ2v) is 7.08. The van der Waals surface area contributed by atoms with E-state index < -0.39 is 0 Å². The van der Waals surface area contributed by atoms with Crippen molar-refractivity contribution in [3.63, 3.8) is 0 Å². The second-order valence-electron chi connectivity index (χ2n) is 6.50. The molecule has 0 aromatic heterocycles. The second kappa shape index (κ2) is 20.2. The molecule has 0 spiro atoms. The molecule has 128 valence electrons. The van der Waals surface area contributed by atoms with Crippen molar-refractivity contribution in [3.05, 3.63) is 0 Å². The van der Waals surface area contributed by atoms with Gasteiger partial charge in [0.2, 0.25) is 0 Å². The Morgan fingerprint density at radius 1 is 0.524 bits per heavy atom. The van der Waals surface area contributed by atoms with Crippen LogP contribution < -0.4 is 0 Å². The third-order valence-corrected chi connectivity index (χ3v) is 4.75. The number of hydrogen-bond acceptors (Lipinski definition) is 1. The summed E-state index contributed by atoms with van der Waals surface area (Å²) in [6.07, 6.45) is 24.0.